The van der Waals surface area contributed by atoms with Crippen LogP contribution in [0.25, 0.3) is 60.4 Å². The quantitative estimate of drug-likeness (QED) is 0.208. The number of pyridine rings is 2. The molecule has 0 unspecified atom stereocenters. The van der Waals surface area contributed by atoms with E-state index in [9.17, 15) is 0 Å². The summed E-state index contributed by atoms with van der Waals surface area (Å²) in [6, 6.07) is 38.6. The molecule has 0 fully saturated rings. The maximum atomic E-state index is 4.45. The van der Waals surface area contributed by atoms with E-state index in [0.29, 0.717) is 0 Å². The molecular formula is C40H34N2. The Labute approximate surface area is 248 Å². The smallest absolute Gasteiger partial charge is 0.0967 e. The number of allylic oxidation sites excluding steroid dienone is 1. The van der Waals surface area contributed by atoms with Crippen LogP contribution in [0.3, 0.4) is 0 Å². The van der Waals surface area contributed by atoms with Gasteiger partial charge in [0, 0.05) is 23.2 Å². The topological polar surface area (TPSA) is 25.8 Å². The number of fused-ring (bicyclic) bond motifs is 4. The molecule has 0 bridgehead atoms. The highest BCUT2D eigenvalue weighted by molar-refractivity contribution is 6.06. The molecule has 7 aromatic rings. The standard InChI is InChI=1S/C26H22.C14H12N2/c1-18(2)24-15-14-23(17-26(24)25-11-7-4-8-19(25)3)22-13-12-20-9-5-6-10-21(20)16-22;1-9-10(2)12-6-4-8-16-14(12)13-11(9)5-3-7-15-13/h4-17H,1H2,2-3H3;3-8H,1-2H3. The summed E-state index contributed by atoms with van der Waals surface area (Å²) in [5.41, 5.74) is 13.2. The predicted octanol–water partition coefficient (Wildman–Crippen LogP) is 10.9. The lowest BCUT2D eigenvalue weighted by atomic mass is 9.89. The predicted molar refractivity (Wildman–Crippen MR) is 181 cm³/mol. The highest BCUT2D eigenvalue weighted by Gasteiger charge is 2.11. The molecule has 0 aliphatic heterocycles. The van der Waals surface area contributed by atoms with Gasteiger partial charge in [-0.05, 0) is 107 Å². The lowest BCUT2D eigenvalue weighted by molar-refractivity contribution is 1.33. The van der Waals surface area contributed by atoms with Crippen molar-refractivity contribution in [3.63, 3.8) is 0 Å². The Bertz CT molecular complexity index is 2040. The Morgan fingerprint density at radius 1 is 0.548 bits per heavy atom. The molecule has 2 heterocycles. The van der Waals surface area contributed by atoms with E-state index in [0.717, 1.165) is 16.6 Å². The fraction of sp³-hybridized carbons (Fsp3) is 0.100. The van der Waals surface area contributed by atoms with Crippen molar-refractivity contribution in [2.45, 2.75) is 27.7 Å². The molecule has 0 spiro atoms. The maximum absolute atomic E-state index is 4.45. The average Bonchev–Trinajstić information content (AvgIpc) is 3.03. The summed E-state index contributed by atoms with van der Waals surface area (Å²) in [5.74, 6) is 0. The highest BCUT2D eigenvalue weighted by Crippen LogP contribution is 2.35. The van der Waals surface area contributed by atoms with Crippen molar-refractivity contribution in [2.24, 2.45) is 0 Å². The minimum atomic E-state index is 1.00. The van der Waals surface area contributed by atoms with E-state index < -0.39 is 0 Å². The Hall–Kier alpha value is -5.08. The van der Waals surface area contributed by atoms with Crippen molar-refractivity contribution >= 4 is 38.2 Å². The van der Waals surface area contributed by atoms with Gasteiger partial charge >= 0.3 is 0 Å². The van der Waals surface area contributed by atoms with Gasteiger partial charge in [0.25, 0.3) is 0 Å². The maximum Gasteiger partial charge on any atom is 0.0967 e. The second-order valence-electron chi connectivity index (χ2n) is 11.0. The summed E-state index contributed by atoms with van der Waals surface area (Å²) in [7, 11) is 0. The molecule has 7 rings (SSSR count). The molecule has 204 valence electrons. The van der Waals surface area contributed by atoms with Gasteiger partial charge in [0.05, 0.1) is 11.0 Å². The van der Waals surface area contributed by atoms with Gasteiger partial charge in [0.15, 0.2) is 0 Å². The van der Waals surface area contributed by atoms with Crippen molar-refractivity contribution in [2.75, 3.05) is 0 Å². The molecule has 0 amide bonds. The van der Waals surface area contributed by atoms with E-state index in [1.165, 1.54) is 66.1 Å². The van der Waals surface area contributed by atoms with Crippen LogP contribution in [0.5, 0.6) is 0 Å². The molecule has 42 heavy (non-hydrogen) atoms. The molecule has 0 N–H and O–H groups in total. The summed E-state index contributed by atoms with van der Waals surface area (Å²) in [5, 5.41) is 4.94. The van der Waals surface area contributed by atoms with Crippen LogP contribution in [0.1, 0.15) is 29.2 Å². The van der Waals surface area contributed by atoms with Gasteiger partial charge in [-0.2, -0.15) is 0 Å². The number of hydrogen-bond acceptors (Lipinski definition) is 2. The zero-order valence-electron chi connectivity index (χ0n) is 24.6. The van der Waals surface area contributed by atoms with E-state index in [2.05, 4.69) is 141 Å². The largest absolute Gasteiger partial charge is 0.254 e. The van der Waals surface area contributed by atoms with Gasteiger partial charge < -0.3 is 0 Å². The first-order valence-corrected chi connectivity index (χ1v) is 14.4. The third kappa shape index (κ3) is 5.08. The number of aromatic nitrogens is 2. The van der Waals surface area contributed by atoms with E-state index in [1.807, 2.05) is 24.5 Å². The van der Waals surface area contributed by atoms with E-state index >= 15 is 0 Å². The normalized spacial score (nSPS) is 11.0. The number of benzene rings is 5. The molecule has 0 saturated carbocycles. The Kier molecular flexibility index (Phi) is 7.37. The Balaban J connectivity index is 0.000000168. The van der Waals surface area contributed by atoms with Crippen molar-refractivity contribution in [1.29, 1.82) is 0 Å². The van der Waals surface area contributed by atoms with Crippen molar-refractivity contribution in [3.8, 4) is 22.3 Å². The van der Waals surface area contributed by atoms with Gasteiger partial charge in [-0.1, -0.05) is 97.1 Å². The van der Waals surface area contributed by atoms with Gasteiger partial charge in [0.2, 0.25) is 0 Å². The van der Waals surface area contributed by atoms with Gasteiger partial charge in [-0.15, -0.1) is 0 Å². The van der Waals surface area contributed by atoms with Crippen LogP contribution in [-0.2, 0) is 0 Å². The highest BCUT2D eigenvalue weighted by atomic mass is 14.7. The number of nitrogens with zero attached hydrogens (tertiary/aromatic N) is 2. The first-order valence-electron chi connectivity index (χ1n) is 14.4. The molecular weight excluding hydrogens is 508 g/mol. The lowest BCUT2D eigenvalue weighted by Gasteiger charge is -2.15. The minimum absolute atomic E-state index is 1.00. The molecule has 2 aromatic heterocycles. The van der Waals surface area contributed by atoms with Crippen LogP contribution >= 0.6 is 0 Å². The van der Waals surface area contributed by atoms with Crippen molar-refractivity contribution < 1.29 is 0 Å². The van der Waals surface area contributed by atoms with Crippen LogP contribution in [0.15, 0.2) is 128 Å². The second kappa shape index (κ2) is 11.4. The van der Waals surface area contributed by atoms with Gasteiger partial charge in [0.1, 0.15) is 0 Å². The number of rotatable bonds is 3. The van der Waals surface area contributed by atoms with Crippen molar-refractivity contribution in [1.82, 2.24) is 9.97 Å². The summed E-state index contributed by atoms with van der Waals surface area (Å²) in [6.45, 7) is 12.7. The third-order valence-corrected chi connectivity index (χ3v) is 8.21. The van der Waals surface area contributed by atoms with Gasteiger partial charge in [-0.25, -0.2) is 0 Å². The third-order valence-electron chi connectivity index (χ3n) is 8.21. The summed E-state index contributed by atoms with van der Waals surface area (Å²) in [6.07, 6.45) is 3.65. The molecule has 5 aromatic carbocycles. The molecule has 2 heteroatoms. The molecule has 0 aliphatic rings. The van der Waals surface area contributed by atoms with Crippen LogP contribution in [-0.4, -0.2) is 9.97 Å². The molecule has 2 nitrogen and oxygen atoms in total. The zero-order valence-corrected chi connectivity index (χ0v) is 24.6. The first kappa shape index (κ1) is 27.1. The van der Waals surface area contributed by atoms with E-state index in [1.54, 1.807) is 0 Å². The van der Waals surface area contributed by atoms with Crippen LogP contribution in [0.4, 0.5) is 0 Å². The van der Waals surface area contributed by atoms with Crippen LogP contribution < -0.4 is 0 Å². The van der Waals surface area contributed by atoms with Crippen LogP contribution in [0, 0.1) is 20.8 Å². The number of hydrogen-bond donors (Lipinski definition) is 0. The van der Waals surface area contributed by atoms with Crippen LogP contribution in [0.2, 0.25) is 0 Å². The van der Waals surface area contributed by atoms with Crippen molar-refractivity contribution in [3.05, 3.63) is 150 Å². The summed E-state index contributed by atoms with van der Waals surface area (Å²) < 4.78 is 0. The minimum Gasteiger partial charge on any atom is -0.254 e. The second-order valence-corrected chi connectivity index (χ2v) is 11.0. The first-order chi connectivity index (χ1) is 20.4. The molecule has 0 aliphatic carbocycles. The lowest BCUT2D eigenvalue weighted by Crippen LogP contribution is -1.91. The SMILES string of the molecule is C=C(C)c1ccc(-c2ccc3ccccc3c2)cc1-c1ccccc1C.Cc1c(C)c2cccnc2c2ncccc12. The number of aryl methyl sites for hydroxylation is 3. The average molecular weight is 543 g/mol. The Morgan fingerprint density at radius 2 is 1.12 bits per heavy atom. The fourth-order valence-electron chi connectivity index (χ4n) is 5.76. The Morgan fingerprint density at radius 3 is 1.76 bits per heavy atom. The molecule has 0 saturated heterocycles. The molecule has 0 radical (unpaired) electrons. The van der Waals surface area contributed by atoms with Gasteiger partial charge in [-0.3, -0.25) is 9.97 Å². The molecule has 0 atom stereocenters. The fourth-order valence-corrected chi connectivity index (χ4v) is 5.76. The monoisotopic (exact) mass is 542 g/mol. The summed E-state index contributed by atoms with van der Waals surface area (Å²) in [4.78, 5) is 8.90. The summed E-state index contributed by atoms with van der Waals surface area (Å²) >= 11 is 0. The van der Waals surface area contributed by atoms with E-state index in [-0.39, 0.29) is 0 Å². The zero-order chi connectivity index (χ0) is 29.2. The van der Waals surface area contributed by atoms with E-state index in [4.69, 9.17) is 0 Å².